The molecule has 2 amide bonds. The monoisotopic (exact) mass is 408 g/mol. The molecule has 29 heavy (non-hydrogen) atoms. The van der Waals surface area contributed by atoms with Gasteiger partial charge in [0.15, 0.2) is 0 Å². The molecule has 1 aromatic carbocycles. The van der Waals surface area contributed by atoms with Crippen molar-refractivity contribution in [2.45, 2.75) is 44.4 Å². The minimum Gasteiger partial charge on any atom is -0.378 e. The molecule has 6 nitrogen and oxygen atoms in total. The van der Waals surface area contributed by atoms with Crippen molar-refractivity contribution in [3.63, 3.8) is 0 Å². The van der Waals surface area contributed by atoms with E-state index < -0.39 is 29.3 Å². The van der Waals surface area contributed by atoms with Crippen molar-refractivity contribution in [3.05, 3.63) is 35.4 Å². The van der Waals surface area contributed by atoms with Crippen LogP contribution in [0.4, 0.5) is 8.78 Å². The summed E-state index contributed by atoms with van der Waals surface area (Å²) in [5.74, 6) is -1.91. The summed E-state index contributed by atoms with van der Waals surface area (Å²) in [6, 6.07) is 1.95. The molecule has 2 saturated heterocycles. The third-order valence-corrected chi connectivity index (χ3v) is 6.25. The van der Waals surface area contributed by atoms with Gasteiger partial charge < -0.3 is 14.4 Å². The van der Waals surface area contributed by atoms with Crippen LogP contribution in [0.15, 0.2) is 18.2 Å². The fourth-order valence-electron chi connectivity index (χ4n) is 4.58. The van der Waals surface area contributed by atoms with Crippen molar-refractivity contribution in [2.75, 3.05) is 32.9 Å². The molecule has 8 heteroatoms. The van der Waals surface area contributed by atoms with Gasteiger partial charge >= 0.3 is 0 Å². The fraction of sp³-hybridized carbons (Fsp3) is 0.619. The normalized spacial score (nSPS) is 30.0. The first kappa shape index (κ1) is 20.2. The number of benzene rings is 1. The van der Waals surface area contributed by atoms with Gasteiger partial charge in [-0.2, -0.15) is 0 Å². The summed E-state index contributed by atoms with van der Waals surface area (Å²) < 4.78 is 39.0. The van der Waals surface area contributed by atoms with Crippen molar-refractivity contribution in [3.8, 4) is 0 Å². The summed E-state index contributed by atoms with van der Waals surface area (Å²) in [5.41, 5.74) is -1.01. The van der Waals surface area contributed by atoms with Crippen LogP contribution in [0, 0.1) is 17.6 Å². The molecule has 0 bridgehead atoms. The molecule has 0 aromatic heterocycles. The van der Waals surface area contributed by atoms with Crippen LogP contribution in [-0.4, -0.2) is 66.3 Å². The van der Waals surface area contributed by atoms with Crippen molar-refractivity contribution in [1.29, 1.82) is 0 Å². The van der Waals surface area contributed by atoms with Crippen LogP contribution in [-0.2, 0) is 14.3 Å². The summed E-state index contributed by atoms with van der Waals surface area (Å²) in [6.45, 7) is 4.04. The molecular weight excluding hydrogens is 382 g/mol. The molecule has 1 spiro atoms. The molecule has 0 radical (unpaired) electrons. The number of amides is 2. The topological polar surface area (TPSA) is 59.1 Å². The van der Waals surface area contributed by atoms with E-state index >= 15 is 0 Å². The fourth-order valence-corrected chi connectivity index (χ4v) is 4.58. The number of rotatable bonds is 2. The molecule has 2 aliphatic heterocycles. The molecular formula is C21H26F2N2O4. The van der Waals surface area contributed by atoms with Gasteiger partial charge in [-0.15, -0.1) is 0 Å². The zero-order valence-corrected chi connectivity index (χ0v) is 16.5. The SMILES string of the molecule is CC1CCC2(CC1)OCC(C(=O)N1CCOCC1)N2C(=O)c1cc(F)cc(F)c1. The molecule has 3 aliphatic rings. The van der Waals surface area contributed by atoms with Crippen LogP contribution in [0.25, 0.3) is 0 Å². The van der Waals surface area contributed by atoms with Crippen LogP contribution in [0.1, 0.15) is 43.0 Å². The highest BCUT2D eigenvalue weighted by Crippen LogP contribution is 2.43. The first-order valence-corrected chi connectivity index (χ1v) is 10.2. The lowest BCUT2D eigenvalue weighted by atomic mass is 9.83. The Morgan fingerprint density at radius 2 is 1.69 bits per heavy atom. The average Bonchev–Trinajstić information content (AvgIpc) is 3.08. The smallest absolute Gasteiger partial charge is 0.257 e. The minimum absolute atomic E-state index is 0.0914. The second-order valence-electron chi connectivity index (χ2n) is 8.23. The van der Waals surface area contributed by atoms with E-state index in [-0.39, 0.29) is 18.1 Å². The van der Waals surface area contributed by atoms with Crippen molar-refractivity contribution >= 4 is 11.8 Å². The molecule has 1 saturated carbocycles. The van der Waals surface area contributed by atoms with Gasteiger partial charge in [-0.3, -0.25) is 14.5 Å². The van der Waals surface area contributed by atoms with Gasteiger partial charge in [-0.25, -0.2) is 8.78 Å². The first-order valence-electron chi connectivity index (χ1n) is 10.2. The van der Waals surface area contributed by atoms with E-state index in [0.29, 0.717) is 45.1 Å². The van der Waals surface area contributed by atoms with Gasteiger partial charge in [0.2, 0.25) is 5.91 Å². The Hall–Kier alpha value is -2.06. The maximum atomic E-state index is 13.8. The molecule has 3 fully saturated rings. The number of carbonyl (C=O) groups is 2. The van der Waals surface area contributed by atoms with Gasteiger partial charge in [0.05, 0.1) is 19.8 Å². The van der Waals surface area contributed by atoms with Gasteiger partial charge in [-0.05, 0) is 43.7 Å². The number of hydrogen-bond donors (Lipinski definition) is 0. The van der Waals surface area contributed by atoms with Gasteiger partial charge in [-0.1, -0.05) is 6.92 Å². The Morgan fingerprint density at radius 1 is 1.07 bits per heavy atom. The third kappa shape index (κ3) is 3.88. The summed E-state index contributed by atoms with van der Waals surface area (Å²) in [7, 11) is 0. The van der Waals surface area contributed by atoms with Crippen LogP contribution >= 0.6 is 0 Å². The molecule has 158 valence electrons. The van der Waals surface area contributed by atoms with E-state index in [9.17, 15) is 18.4 Å². The Kier molecular flexibility index (Phi) is 5.57. The zero-order chi connectivity index (χ0) is 20.6. The van der Waals surface area contributed by atoms with Crippen LogP contribution in [0.5, 0.6) is 0 Å². The lowest BCUT2D eigenvalue weighted by Gasteiger charge is -2.43. The highest BCUT2D eigenvalue weighted by molar-refractivity contribution is 5.98. The zero-order valence-electron chi connectivity index (χ0n) is 16.5. The molecule has 2 heterocycles. The minimum atomic E-state index is -0.904. The van der Waals surface area contributed by atoms with Gasteiger partial charge in [0, 0.05) is 24.7 Å². The van der Waals surface area contributed by atoms with Crippen molar-refractivity contribution in [2.24, 2.45) is 5.92 Å². The largest absolute Gasteiger partial charge is 0.378 e. The lowest BCUT2D eigenvalue weighted by Crippen LogP contribution is -2.58. The Morgan fingerprint density at radius 3 is 2.31 bits per heavy atom. The van der Waals surface area contributed by atoms with E-state index in [1.165, 1.54) is 4.90 Å². The van der Waals surface area contributed by atoms with E-state index in [0.717, 1.165) is 31.0 Å². The molecule has 4 rings (SSSR count). The van der Waals surface area contributed by atoms with Gasteiger partial charge in [0.25, 0.3) is 5.91 Å². The first-order chi connectivity index (χ1) is 13.9. The highest BCUT2D eigenvalue weighted by Gasteiger charge is 2.54. The third-order valence-electron chi connectivity index (χ3n) is 6.25. The number of nitrogens with zero attached hydrogens (tertiary/aromatic N) is 2. The van der Waals surface area contributed by atoms with Crippen molar-refractivity contribution in [1.82, 2.24) is 9.80 Å². The summed E-state index contributed by atoms with van der Waals surface area (Å²) in [5, 5.41) is 0. The Labute approximate surface area is 168 Å². The number of halogens is 2. The molecule has 1 aliphatic carbocycles. The molecule has 0 N–H and O–H groups in total. The number of ether oxygens (including phenoxy) is 2. The lowest BCUT2D eigenvalue weighted by molar-refractivity contribution is -0.141. The summed E-state index contributed by atoms with van der Waals surface area (Å²) in [4.78, 5) is 29.8. The number of carbonyl (C=O) groups excluding carboxylic acids is 2. The van der Waals surface area contributed by atoms with Crippen LogP contribution in [0.3, 0.4) is 0 Å². The second-order valence-corrected chi connectivity index (χ2v) is 8.23. The van der Waals surface area contributed by atoms with Gasteiger partial charge in [0.1, 0.15) is 23.4 Å². The van der Waals surface area contributed by atoms with Crippen LogP contribution in [0.2, 0.25) is 0 Å². The quantitative estimate of drug-likeness (QED) is 0.755. The molecule has 1 unspecified atom stereocenters. The second kappa shape index (κ2) is 7.99. The predicted octanol–water partition coefficient (Wildman–Crippen LogP) is 2.57. The van der Waals surface area contributed by atoms with E-state index in [1.54, 1.807) is 4.90 Å². The standard InChI is InChI=1S/C21H26F2N2O4/c1-14-2-4-21(5-3-14)25(19(26)15-10-16(22)12-17(23)11-15)18(13-29-21)20(27)24-6-8-28-9-7-24/h10-12,14,18H,2-9,13H2,1H3. The summed E-state index contributed by atoms with van der Waals surface area (Å²) in [6.07, 6.45) is 2.93. The van der Waals surface area contributed by atoms with Crippen molar-refractivity contribution < 1.29 is 27.8 Å². The Balaban J connectivity index is 1.67. The molecule has 1 aromatic rings. The average molecular weight is 408 g/mol. The highest BCUT2D eigenvalue weighted by atomic mass is 19.1. The van der Waals surface area contributed by atoms with E-state index in [1.807, 2.05) is 0 Å². The molecule has 1 atom stereocenters. The van der Waals surface area contributed by atoms with Crippen LogP contribution < -0.4 is 0 Å². The predicted molar refractivity (Wildman–Crippen MR) is 100 cm³/mol. The summed E-state index contributed by atoms with van der Waals surface area (Å²) >= 11 is 0. The number of morpholine rings is 1. The Bertz CT molecular complexity index is 769. The number of hydrogen-bond acceptors (Lipinski definition) is 4. The maximum Gasteiger partial charge on any atom is 0.257 e. The van der Waals surface area contributed by atoms with E-state index in [4.69, 9.17) is 9.47 Å². The van der Waals surface area contributed by atoms with E-state index in [2.05, 4.69) is 6.92 Å². The maximum absolute atomic E-state index is 13.8.